The van der Waals surface area contributed by atoms with Crippen LogP contribution in [0, 0.1) is 0 Å². The van der Waals surface area contributed by atoms with Gasteiger partial charge in [-0.15, -0.1) is 0 Å². The third kappa shape index (κ3) is 2.72. The van der Waals surface area contributed by atoms with Crippen LogP contribution in [-0.2, 0) is 14.8 Å². The largest absolute Gasteiger partial charge is 0.479 e. The number of carboxylic acids is 1. The van der Waals surface area contributed by atoms with Gasteiger partial charge in [-0.2, -0.15) is 0 Å². The number of aliphatic hydroxyl groups is 1. The van der Waals surface area contributed by atoms with Gasteiger partial charge in [0.25, 0.3) is 0 Å². The van der Waals surface area contributed by atoms with Gasteiger partial charge in [-0.3, -0.25) is 0 Å². The number of hydrogen-bond acceptors (Lipinski definition) is 5. The summed E-state index contributed by atoms with van der Waals surface area (Å²) >= 11 is 0. The molecule has 0 saturated carbocycles. The molecule has 0 aromatic carbocycles. The van der Waals surface area contributed by atoms with E-state index in [1.807, 2.05) is 4.72 Å². The standard InChI is InChI=1S/C10H11N3O5S/c14-7(10(15)16)4-13-19(17,18)8-5-12-9-6(8)2-1-3-11-9/h1-3,5,7,13-14H,4H2,(H,11,12)(H,15,16)/t7-/m0/s1. The number of rotatable bonds is 5. The van der Waals surface area contributed by atoms with Gasteiger partial charge in [0.05, 0.1) is 0 Å². The summed E-state index contributed by atoms with van der Waals surface area (Å²) in [5, 5.41) is 17.9. The lowest BCUT2D eigenvalue weighted by molar-refractivity contribution is -0.146. The molecule has 1 atom stereocenters. The Morgan fingerprint density at radius 1 is 1.53 bits per heavy atom. The second kappa shape index (κ2) is 4.96. The number of hydrogen-bond donors (Lipinski definition) is 4. The minimum atomic E-state index is -3.92. The summed E-state index contributed by atoms with van der Waals surface area (Å²) in [4.78, 5) is 17.0. The van der Waals surface area contributed by atoms with Crippen LogP contribution in [0.3, 0.4) is 0 Å². The predicted molar refractivity (Wildman–Crippen MR) is 64.9 cm³/mol. The van der Waals surface area contributed by atoms with Gasteiger partial charge < -0.3 is 15.2 Å². The fraction of sp³-hybridized carbons (Fsp3) is 0.200. The fourth-order valence-electron chi connectivity index (χ4n) is 1.51. The van der Waals surface area contributed by atoms with Crippen LogP contribution in [-0.4, -0.2) is 47.2 Å². The Morgan fingerprint density at radius 2 is 2.26 bits per heavy atom. The van der Waals surface area contributed by atoms with E-state index in [-0.39, 0.29) is 4.90 Å². The normalized spacial score (nSPS) is 13.5. The average molecular weight is 285 g/mol. The van der Waals surface area contributed by atoms with E-state index in [9.17, 15) is 13.2 Å². The topological polar surface area (TPSA) is 132 Å². The van der Waals surface area contributed by atoms with Gasteiger partial charge in [-0.25, -0.2) is 22.9 Å². The van der Waals surface area contributed by atoms with E-state index in [0.717, 1.165) is 0 Å². The van der Waals surface area contributed by atoms with Crippen LogP contribution in [0.15, 0.2) is 29.4 Å². The number of aliphatic carboxylic acids is 1. The Hall–Kier alpha value is -1.97. The van der Waals surface area contributed by atoms with Crippen LogP contribution in [0.1, 0.15) is 0 Å². The zero-order chi connectivity index (χ0) is 14.0. The molecule has 0 aliphatic carbocycles. The summed E-state index contributed by atoms with van der Waals surface area (Å²) < 4.78 is 26.0. The third-order valence-electron chi connectivity index (χ3n) is 2.45. The molecule has 0 saturated heterocycles. The molecule has 2 rings (SSSR count). The molecule has 9 heteroatoms. The molecule has 4 N–H and O–H groups in total. The Balaban J connectivity index is 2.27. The van der Waals surface area contributed by atoms with Gasteiger partial charge in [0.2, 0.25) is 10.0 Å². The van der Waals surface area contributed by atoms with Gasteiger partial charge in [0, 0.05) is 24.3 Å². The molecule has 0 aliphatic heterocycles. The van der Waals surface area contributed by atoms with E-state index in [1.54, 1.807) is 12.1 Å². The van der Waals surface area contributed by atoms with Crippen molar-refractivity contribution in [1.82, 2.24) is 14.7 Å². The van der Waals surface area contributed by atoms with Crippen molar-refractivity contribution in [3.8, 4) is 0 Å². The number of H-pyrrole nitrogens is 1. The summed E-state index contributed by atoms with van der Waals surface area (Å²) in [6.45, 7) is -0.607. The summed E-state index contributed by atoms with van der Waals surface area (Å²) in [5.41, 5.74) is 0.404. The second-order valence-electron chi connectivity index (χ2n) is 3.76. The smallest absolute Gasteiger partial charge is 0.333 e. The Morgan fingerprint density at radius 3 is 2.95 bits per heavy atom. The van der Waals surface area contributed by atoms with Gasteiger partial charge in [0.1, 0.15) is 10.5 Å². The second-order valence-corrected chi connectivity index (χ2v) is 5.49. The lowest BCUT2D eigenvalue weighted by Crippen LogP contribution is -2.36. The number of aliphatic hydroxyl groups excluding tert-OH is 1. The summed E-state index contributed by atoms with van der Waals surface area (Å²) in [6, 6.07) is 3.16. The summed E-state index contributed by atoms with van der Waals surface area (Å²) in [6.07, 6.45) is 0.974. The molecule has 2 aromatic heterocycles. The SMILES string of the molecule is O=C(O)[C@@H](O)CNS(=O)(=O)c1c[nH]c2ncccc12. The van der Waals surface area contributed by atoms with E-state index in [4.69, 9.17) is 10.2 Å². The number of carboxylic acid groups (broad SMARTS) is 1. The third-order valence-corrected chi connectivity index (χ3v) is 3.92. The number of aromatic nitrogens is 2. The highest BCUT2D eigenvalue weighted by Gasteiger charge is 2.22. The maximum Gasteiger partial charge on any atom is 0.333 e. The first-order valence-electron chi connectivity index (χ1n) is 5.24. The number of fused-ring (bicyclic) bond motifs is 1. The van der Waals surface area contributed by atoms with E-state index >= 15 is 0 Å². The molecule has 0 spiro atoms. The van der Waals surface area contributed by atoms with Crippen molar-refractivity contribution in [2.75, 3.05) is 6.54 Å². The monoisotopic (exact) mass is 285 g/mol. The van der Waals surface area contributed by atoms with Crippen molar-refractivity contribution < 1.29 is 23.4 Å². The molecule has 19 heavy (non-hydrogen) atoms. The number of pyridine rings is 1. The molecule has 2 aromatic rings. The Labute approximate surface area is 108 Å². The first kappa shape index (κ1) is 13.5. The van der Waals surface area contributed by atoms with Gasteiger partial charge in [0.15, 0.2) is 6.10 Å². The highest BCUT2D eigenvalue weighted by Crippen LogP contribution is 2.20. The van der Waals surface area contributed by atoms with Crippen LogP contribution in [0.5, 0.6) is 0 Å². The lowest BCUT2D eigenvalue weighted by atomic mass is 10.3. The predicted octanol–water partition coefficient (Wildman–Crippen LogP) is -0.713. The molecule has 2 heterocycles. The summed E-state index contributed by atoms with van der Waals surface area (Å²) in [7, 11) is -3.92. The zero-order valence-corrected chi connectivity index (χ0v) is 10.4. The molecule has 0 aliphatic rings. The molecule has 0 unspecified atom stereocenters. The average Bonchev–Trinajstić information content (AvgIpc) is 2.80. The number of carbonyl (C=O) groups is 1. The summed E-state index contributed by atoms with van der Waals surface area (Å²) in [5.74, 6) is -1.50. The molecule has 0 amide bonds. The van der Waals surface area contributed by atoms with Crippen molar-refractivity contribution in [3.63, 3.8) is 0 Å². The molecular formula is C10H11N3O5S. The molecular weight excluding hydrogens is 274 g/mol. The number of nitrogens with one attached hydrogen (secondary N) is 2. The van der Waals surface area contributed by atoms with Crippen LogP contribution < -0.4 is 4.72 Å². The highest BCUT2D eigenvalue weighted by atomic mass is 32.2. The Kier molecular flexibility index (Phi) is 3.51. The van der Waals surface area contributed by atoms with Crippen molar-refractivity contribution in [2.24, 2.45) is 0 Å². The zero-order valence-electron chi connectivity index (χ0n) is 9.57. The minimum Gasteiger partial charge on any atom is -0.479 e. The first-order valence-corrected chi connectivity index (χ1v) is 6.73. The first-order chi connectivity index (χ1) is 8.92. The van der Waals surface area contributed by atoms with Crippen molar-refractivity contribution in [2.45, 2.75) is 11.0 Å². The van der Waals surface area contributed by atoms with E-state index in [1.165, 1.54) is 12.4 Å². The number of aromatic amines is 1. The van der Waals surface area contributed by atoms with Crippen LogP contribution in [0.25, 0.3) is 11.0 Å². The molecule has 102 valence electrons. The minimum absolute atomic E-state index is 0.0480. The molecule has 0 bridgehead atoms. The van der Waals surface area contributed by atoms with E-state index in [0.29, 0.717) is 11.0 Å². The Bertz CT molecular complexity index is 709. The molecule has 0 fully saturated rings. The van der Waals surface area contributed by atoms with E-state index < -0.39 is 28.6 Å². The molecule has 0 radical (unpaired) electrons. The van der Waals surface area contributed by atoms with Crippen molar-refractivity contribution in [3.05, 3.63) is 24.5 Å². The highest BCUT2D eigenvalue weighted by molar-refractivity contribution is 7.89. The van der Waals surface area contributed by atoms with Gasteiger partial charge in [-0.1, -0.05) is 0 Å². The van der Waals surface area contributed by atoms with Crippen LogP contribution in [0.4, 0.5) is 0 Å². The number of nitrogens with zero attached hydrogens (tertiary/aromatic N) is 1. The van der Waals surface area contributed by atoms with Gasteiger partial charge in [-0.05, 0) is 12.1 Å². The maximum absolute atomic E-state index is 12.0. The van der Waals surface area contributed by atoms with Gasteiger partial charge >= 0.3 is 5.97 Å². The quantitative estimate of drug-likeness (QED) is 0.573. The van der Waals surface area contributed by atoms with Crippen molar-refractivity contribution in [1.29, 1.82) is 0 Å². The fourth-order valence-corrected chi connectivity index (χ4v) is 2.71. The number of sulfonamides is 1. The van der Waals surface area contributed by atoms with Crippen LogP contribution >= 0.6 is 0 Å². The van der Waals surface area contributed by atoms with Crippen LogP contribution in [0.2, 0.25) is 0 Å². The van der Waals surface area contributed by atoms with E-state index in [2.05, 4.69) is 9.97 Å². The molecule has 8 nitrogen and oxygen atoms in total. The van der Waals surface area contributed by atoms with Crippen molar-refractivity contribution >= 4 is 27.0 Å². The lowest BCUT2D eigenvalue weighted by Gasteiger charge is -2.07. The maximum atomic E-state index is 12.0.